The Hall–Kier alpha value is -3.99. The summed E-state index contributed by atoms with van der Waals surface area (Å²) in [6, 6.07) is 32.5. The van der Waals surface area contributed by atoms with Crippen molar-refractivity contribution in [3.05, 3.63) is 114 Å². The lowest BCUT2D eigenvalue weighted by Gasteiger charge is -2.37. The number of carbonyl (C=O) groups is 1. The van der Waals surface area contributed by atoms with Crippen LogP contribution in [0.15, 0.2) is 97.1 Å². The number of piperazine rings is 1. The van der Waals surface area contributed by atoms with Crippen molar-refractivity contribution in [1.82, 2.24) is 15.1 Å². The van der Waals surface area contributed by atoms with Crippen molar-refractivity contribution in [2.75, 3.05) is 31.1 Å². The molecule has 0 bridgehead atoms. The smallest absolute Gasteiger partial charge is 0.234 e. The van der Waals surface area contributed by atoms with E-state index in [0.29, 0.717) is 13.1 Å². The van der Waals surface area contributed by atoms with Gasteiger partial charge in [-0.15, -0.1) is 10.2 Å². The molecular formula is C29H28N4O. The second kappa shape index (κ2) is 9.87. The predicted octanol–water partition coefficient (Wildman–Crippen LogP) is 4.93. The fourth-order valence-corrected chi connectivity index (χ4v) is 4.48. The van der Waals surface area contributed by atoms with Gasteiger partial charge in [-0.2, -0.15) is 0 Å². The zero-order valence-corrected chi connectivity index (χ0v) is 19.3. The predicted molar refractivity (Wildman–Crippen MR) is 136 cm³/mol. The summed E-state index contributed by atoms with van der Waals surface area (Å²) in [5.74, 6) is 0.714. The average Bonchev–Trinajstić information content (AvgIpc) is 2.91. The number of amides is 1. The van der Waals surface area contributed by atoms with Gasteiger partial charge in [0, 0.05) is 31.7 Å². The summed E-state index contributed by atoms with van der Waals surface area (Å²) in [5.41, 5.74) is 5.21. The maximum absolute atomic E-state index is 13.6. The molecule has 0 radical (unpaired) electrons. The van der Waals surface area contributed by atoms with E-state index in [9.17, 15) is 4.79 Å². The maximum Gasteiger partial charge on any atom is 0.234 e. The summed E-state index contributed by atoms with van der Waals surface area (Å²) in [6.07, 6.45) is 0. The van der Waals surface area contributed by atoms with E-state index in [0.717, 1.165) is 41.3 Å². The Morgan fingerprint density at radius 2 is 1.29 bits per heavy atom. The molecule has 5 rings (SSSR count). The second-order valence-electron chi connectivity index (χ2n) is 8.71. The average molecular weight is 449 g/mol. The van der Waals surface area contributed by atoms with Crippen molar-refractivity contribution in [2.45, 2.75) is 12.8 Å². The first-order valence-corrected chi connectivity index (χ1v) is 11.7. The fourth-order valence-electron chi connectivity index (χ4n) is 4.48. The van der Waals surface area contributed by atoms with Gasteiger partial charge in [0.25, 0.3) is 0 Å². The third-order valence-electron chi connectivity index (χ3n) is 6.43. The van der Waals surface area contributed by atoms with E-state index < -0.39 is 0 Å². The molecule has 0 saturated carbocycles. The lowest BCUT2D eigenvalue weighted by atomic mass is 9.90. The Kier molecular flexibility index (Phi) is 6.34. The summed E-state index contributed by atoms with van der Waals surface area (Å²) >= 11 is 0. The number of aryl methyl sites for hydroxylation is 1. The molecular weight excluding hydrogens is 420 g/mol. The molecule has 170 valence electrons. The van der Waals surface area contributed by atoms with Gasteiger partial charge < -0.3 is 9.80 Å². The molecule has 3 aromatic carbocycles. The number of nitrogens with zero attached hydrogens (tertiary/aromatic N) is 4. The Balaban J connectivity index is 1.27. The number of rotatable bonds is 5. The van der Waals surface area contributed by atoms with Crippen LogP contribution < -0.4 is 4.90 Å². The van der Waals surface area contributed by atoms with Crippen LogP contribution in [0.5, 0.6) is 0 Å². The third-order valence-corrected chi connectivity index (χ3v) is 6.43. The van der Waals surface area contributed by atoms with Crippen LogP contribution in [0.1, 0.15) is 22.6 Å². The van der Waals surface area contributed by atoms with E-state index in [4.69, 9.17) is 0 Å². The Labute approximate surface area is 200 Å². The Morgan fingerprint density at radius 3 is 1.82 bits per heavy atom. The molecule has 0 unspecified atom stereocenters. The summed E-state index contributed by atoms with van der Waals surface area (Å²) < 4.78 is 0. The molecule has 34 heavy (non-hydrogen) atoms. The van der Waals surface area contributed by atoms with Crippen LogP contribution in [0.25, 0.3) is 11.3 Å². The van der Waals surface area contributed by atoms with Crippen LogP contribution >= 0.6 is 0 Å². The van der Waals surface area contributed by atoms with Crippen LogP contribution in [0.2, 0.25) is 0 Å². The van der Waals surface area contributed by atoms with Crippen LogP contribution in [-0.4, -0.2) is 47.2 Å². The van der Waals surface area contributed by atoms with E-state index >= 15 is 0 Å². The second-order valence-corrected chi connectivity index (χ2v) is 8.71. The van der Waals surface area contributed by atoms with Gasteiger partial charge in [-0.25, -0.2) is 0 Å². The van der Waals surface area contributed by atoms with E-state index in [-0.39, 0.29) is 11.8 Å². The molecule has 1 aliphatic heterocycles. The van der Waals surface area contributed by atoms with Crippen molar-refractivity contribution in [3.8, 4) is 11.3 Å². The van der Waals surface area contributed by atoms with Crippen LogP contribution in [0.4, 0.5) is 5.82 Å². The molecule has 1 fully saturated rings. The first-order chi connectivity index (χ1) is 16.7. The van der Waals surface area contributed by atoms with Gasteiger partial charge >= 0.3 is 0 Å². The van der Waals surface area contributed by atoms with E-state index in [1.807, 2.05) is 77.7 Å². The molecule has 1 aliphatic rings. The highest BCUT2D eigenvalue weighted by atomic mass is 16.2. The number of aromatic nitrogens is 2. The van der Waals surface area contributed by atoms with E-state index in [1.54, 1.807) is 0 Å². The number of carbonyl (C=O) groups excluding carboxylic acids is 1. The molecule has 5 heteroatoms. The number of benzene rings is 3. The first-order valence-electron chi connectivity index (χ1n) is 11.7. The first kappa shape index (κ1) is 21.8. The standard InChI is InChI=1S/C29H28N4O/c1-22-12-14-23(15-13-22)26-16-17-27(31-30-26)32-18-20-33(21-19-32)29(34)28(24-8-4-2-5-9-24)25-10-6-3-7-11-25/h2-17,28H,18-21H2,1H3. The van der Waals surface area contributed by atoms with Crippen molar-refractivity contribution in [3.63, 3.8) is 0 Å². The summed E-state index contributed by atoms with van der Waals surface area (Å²) in [4.78, 5) is 17.8. The number of hydrogen-bond acceptors (Lipinski definition) is 4. The lowest BCUT2D eigenvalue weighted by Crippen LogP contribution is -2.50. The molecule has 0 spiro atoms. The van der Waals surface area contributed by atoms with Crippen molar-refractivity contribution >= 4 is 11.7 Å². The molecule has 0 N–H and O–H groups in total. The highest BCUT2D eigenvalue weighted by Gasteiger charge is 2.30. The minimum atomic E-state index is -0.289. The molecule has 5 nitrogen and oxygen atoms in total. The molecule has 2 heterocycles. The summed E-state index contributed by atoms with van der Waals surface area (Å²) in [5, 5.41) is 8.92. The largest absolute Gasteiger partial charge is 0.352 e. The van der Waals surface area contributed by atoms with Crippen LogP contribution in [-0.2, 0) is 4.79 Å². The van der Waals surface area contributed by atoms with Crippen molar-refractivity contribution in [1.29, 1.82) is 0 Å². The van der Waals surface area contributed by atoms with Gasteiger partial charge in [-0.1, -0.05) is 90.5 Å². The van der Waals surface area contributed by atoms with Gasteiger partial charge in [0.1, 0.15) is 0 Å². The Bertz CT molecular complexity index is 1180. The molecule has 1 saturated heterocycles. The fraction of sp³-hybridized carbons (Fsp3) is 0.207. The molecule has 0 aliphatic carbocycles. The number of hydrogen-bond donors (Lipinski definition) is 0. The summed E-state index contributed by atoms with van der Waals surface area (Å²) in [6.45, 7) is 4.87. The van der Waals surface area contributed by atoms with Crippen molar-refractivity contribution in [2.24, 2.45) is 0 Å². The molecule has 4 aromatic rings. The van der Waals surface area contributed by atoms with Crippen LogP contribution in [0.3, 0.4) is 0 Å². The normalized spacial score (nSPS) is 13.8. The van der Waals surface area contributed by atoms with Gasteiger partial charge in [0.2, 0.25) is 5.91 Å². The zero-order valence-electron chi connectivity index (χ0n) is 19.3. The summed E-state index contributed by atoms with van der Waals surface area (Å²) in [7, 11) is 0. The van der Waals surface area contributed by atoms with E-state index in [1.165, 1.54) is 5.56 Å². The topological polar surface area (TPSA) is 49.3 Å². The van der Waals surface area contributed by atoms with E-state index in [2.05, 4.69) is 46.3 Å². The van der Waals surface area contributed by atoms with Crippen LogP contribution in [0, 0.1) is 6.92 Å². The quantitative estimate of drug-likeness (QED) is 0.434. The highest BCUT2D eigenvalue weighted by Crippen LogP contribution is 2.28. The SMILES string of the molecule is Cc1ccc(-c2ccc(N3CCN(C(=O)C(c4ccccc4)c4ccccc4)CC3)nn2)cc1. The Morgan fingerprint density at radius 1 is 0.706 bits per heavy atom. The van der Waals surface area contributed by atoms with Gasteiger partial charge in [-0.3, -0.25) is 4.79 Å². The van der Waals surface area contributed by atoms with Gasteiger partial charge in [0.15, 0.2) is 5.82 Å². The third kappa shape index (κ3) is 4.69. The lowest BCUT2D eigenvalue weighted by molar-refractivity contribution is -0.132. The molecule has 1 amide bonds. The van der Waals surface area contributed by atoms with Crippen molar-refractivity contribution < 1.29 is 4.79 Å². The monoisotopic (exact) mass is 448 g/mol. The van der Waals surface area contributed by atoms with Gasteiger partial charge in [0.05, 0.1) is 11.6 Å². The minimum absolute atomic E-state index is 0.151. The maximum atomic E-state index is 13.6. The molecule has 0 atom stereocenters. The molecule has 1 aromatic heterocycles. The minimum Gasteiger partial charge on any atom is -0.352 e. The highest BCUT2D eigenvalue weighted by molar-refractivity contribution is 5.87. The number of anilines is 1. The van der Waals surface area contributed by atoms with Gasteiger partial charge in [-0.05, 0) is 30.2 Å². The zero-order chi connectivity index (χ0) is 23.3.